The second kappa shape index (κ2) is 6.42. The van der Waals surface area contributed by atoms with Crippen molar-refractivity contribution in [3.05, 3.63) is 63.6 Å². The molecule has 0 amide bonds. The first kappa shape index (κ1) is 14.9. The molecule has 1 N–H and O–H groups in total. The summed E-state index contributed by atoms with van der Waals surface area (Å²) in [4.78, 5) is 1.71. The third-order valence-corrected chi connectivity index (χ3v) is 4.69. The second-order valence-electron chi connectivity index (χ2n) is 5.48. The summed E-state index contributed by atoms with van der Waals surface area (Å²) in [6.07, 6.45) is 0. The molecule has 0 fully saturated rings. The number of nitrogens with zero attached hydrogens (tertiary/aromatic N) is 3. The standard InChI is InChI=1S/C17H20N4S/c1-12-10-22-11-15(12)9-18-13(2)17-14(3)19-21(20-17)16-7-5-4-6-8-16/h4-8,10-11,13,18H,9H2,1-3H3. The van der Waals surface area contributed by atoms with Gasteiger partial charge in [0, 0.05) is 6.54 Å². The Labute approximate surface area is 134 Å². The van der Waals surface area contributed by atoms with Crippen molar-refractivity contribution in [2.45, 2.75) is 33.4 Å². The van der Waals surface area contributed by atoms with Gasteiger partial charge in [0.2, 0.25) is 0 Å². The van der Waals surface area contributed by atoms with E-state index in [1.54, 1.807) is 16.1 Å². The number of hydrogen-bond acceptors (Lipinski definition) is 4. The molecule has 0 saturated heterocycles. The summed E-state index contributed by atoms with van der Waals surface area (Å²) in [6, 6.07) is 10.2. The molecule has 0 spiro atoms. The fourth-order valence-electron chi connectivity index (χ4n) is 2.39. The summed E-state index contributed by atoms with van der Waals surface area (Å²) < 4.78 is 0. The number of para-hydroxylation sites is 1. The van der Waals surface area contributed by atoms with E-state index in [0.717, 1.165) is 23.6 Å². The molecule has 1 unspecified atom stereocenters. The fourth-order valence-corrected chi connectivity index (χ4v) is 3.25. The van der Waals surface area contributed by atoms with Crippen LogP contribution in [-0.2, 0) is 6.54 Å². The molecule has 5 heteroatoms. The van der Waals surface area contributed by atoms with E-state index >= 15 is 0 Å². The van der Waals surface area contributed by atoms with Crippen LogP contribution in [0, 0.1) is 13.8 Å². The van der Waals surface area contributed by atoms with Crippen molar-refractivity contribution in [1.29, 1.82) is 0 Å². The largest absolute Gasteiger partial charge is 0.305 e. The Balaban J connectivity index is 1.74. The molecule has 0 aliphatic carbocycles. The third-order valence-electron chi connectivity index (χ3n) is 3.78. The Morgan fingerprint density at radius 1 is 1.14 bits per heavy atom. The highest BCUT2D eigenvalue weighted by atomic mass is 32.1. The summed E-state index contributed by atoms with van der Waals surface area (Å²) in [6.45, 7) is 7.15. The molecule has 0 saturated carbocycles. The third kappa shape index (κ3) is 3.10. The predicted octanol–water partition coefficient (Wildman–Crippen LogP) is 3.80. The maximum Gasteiger partial charge on any atom is 0.103 e. The van der Waals surface area contributed by atoms with Crippen LogP contribution < -0.4 is 5.32 Å². The number of aromatic nitrogens is 3. The Morgan fingerprint density at radius 3 is 2.59 bits per heavy atom. The van der Waals surface area contributed by atoms with Crippen LogP contribution in [0.5, 0.6) is 0 Å². The molecule has 2 aromatic heterocycles. The molecule has 22 heavy (non-hydrogen) atoms. The van der Waals surface area contributed by atoms with Crippen LogP contribution in [0.1, 0.15) is 35.5 Å². The van der Waals surface area contributed by atoms with E-state index in [2.05, 4.69) is 40.1 Å². The second-order valence-corrected chi connectivity index (χ2v) is 6.22. The quantitative estimate of drug-likeness (QED) is 0.779. The topological polar surface area (TPSA) is 42.7 Å². The molecule has 3 rings (SSSR count). The molecule has 2 heterocycles. The molecule has 0 radical (unpaired) electrons. The van der Waals surface area contributed by atoms with E-state index in [1.807, 2.05) is 37.3 Å². The van der Waals surface area contributed by atoms with Gasteiger partial charge in [-0.25, -0.2) is 0 Å². The van der Waals surface area contributed by atoms with Crippen LogP contribution in [0.15, 0.2) is 41.1 Å². The van der Waals surface area contributed by atoms with E-state index in [1.165, 1.54) is 11.1 Å². The van der Waals surface area contributed by atoms with Crippen molar-refractivity contribution in [1.82, 2.24) is 20.3 Å². The van der Waals surface area contributed by atoms with Gasteiger partial charge in [-0.05, 0) is 54.8 Å². The zero-order valence-corrected chi connectivity index (χ0v) is 13.9. The lowest BCUT2D eigenvalue weighted by Gasteiger charge is -2.11. The molecule has 1 atom stereocenters. The molecule has 1 aromatic carbocycles. The van der Waals surface area contributed by atoms with Crippen LogP contribution in [0.3, 0.4) is 0 Å². The van der Waals surface area contributed by atoms with Crippen LogP contribution in [0.4, 0.5) is 0 Å². The zero-order valence-electron chi connectivity index (χ0n) is 13.1. The number of thiophene rings is 1. The van der Waals surface area contributed by atoms with Crippen molar-refractivity contribution in [2.24, 2.45) is 0 Å². The van der Waals surface area contributed by atoms with Gasteiger partial charge in [0.15, 0.2) is 0 Å². The first-order valence-corrected chi connectivity index (χ1v) is 8.33. The van der Waals surface area contributed by atoms with Gasteiger partial charge in [-0.3, -0.25) is 0 Å². The molecule has 0 aliphatic heterocycles. The Kier molecular flexibility index (Phi) is 4.36. The smallest absolute Gasteiger partial charge is 0.103 e. The highest BCUT2D eigenvalue weighted by Gasteiger charge is 2.15. The first-order chi connectivity index (χ1) is 10.6. The average molecular weight is 312 g/mol. The van der Waals surface area contributed by atoms with E-state index in [9.17, 15) is 0 Å². The van der Waals surface area contributed by atoms with Gasteiger partial charge in [0.05, 0.1) is 17.4 Å². The van der Waals surface area contributed by atoms with Crippen molar-refractivity contribution in [3.63, 3.8) is 0 Å². The lowest BCUT2D eigenvalue weighted by atomic mass is 10.1. The van der Waals surface area contributed by atoms with Crippen molar-refractivity contribution in [2.75, 3.05) is 0 Å². The predicted molar refractivity (Wildman–Crippen MR) is 90.4 cm³/mol. The summed E-state index contributed by atoms with van der Waals surface area (Å²) >= 11 is 1.75. The molecular weight excluding hydrogens is 292 g/mol. The lowest BCUT2D eigenvalue weighted by molar-refractivity contribution is 0.553. The minimum atomic E-state index is 0.164. The van der Waals surface area contributed by atoms with Gasteiger partial charge in [-0.1, -0.05) is 18.2 Å². The minimum absolute atomic E-state index is 0.164. The Hall–Kier alpha value is -1.98. The van der Waals surface area contributed by atoms with Crippen LogP contribution in [0.2, 0.25) is 0 Å². The highest BCUT2D eigenvalue weighted by Crippen LogP contribution is 2.18. The van der Waals surface area contributed by atoms with Gasteiger partial charge in [-0.15, -0.1) is 0 Å². The number of benzene rings is 1. The Bertz CT molecular complexity index is 745. The molecule has 0 aliphatic rings. The summed E-state index contributed by atoms with van der Waals surface area (Å²) in [5, 5.41) is 17.1. The van der Waals surface area contributed by atoms with E-state index in [4.69, 9.17) is 0 Å². The summed E-state index contributed by atoms with van der Waals surface area (Å²) in [5.74, 6) is 0. The monoisotopic (exact) mass is 312 g/mol. The van der Waals surface area contributed by atoms with Gasteiger partial charge >= 0.3 is 0 Å². The van der Waals surface area contributed by atoms with E-state index in [0.29, 0.717) is 0 Å². The van der Waals surface area contributed by atoms with Gasteiger partial charge in [0.1, 0.15) is 5.69 Å². The lowest BCUT2D eigenvalue weighted by Crippen LogP contribution is -2.19. The van der Waals surface area contributed by atoms with Gasteiger partial charge in [-0.2, -0.15) is 26.3 Å². The number of nitrogens with one attached hydrogen (secondary N) is 1. The molecule has 3 aromatic rings. The van der Waals surface area contributed by atoms with Crippen molar-refractivity contribution in [3.8, 4) is 5.69 Å². The van der Waals surface area contributed by atoms with Crippen molar-refractivity contribution >= 4 is 11.3 Å². The average Bonchev–Trinajstić information content (AvgIpc) is 3.12. The molecule has 4 nitrogen and oxygen atoms in total. The van der Waals surface area contributed by atoms with Crippen LogP contribution in [0.25, 0.3) is 5.69 Å². The number of aryl methyl sites for hydroxylation is 2. The summed E-state index contributed by atoms with van der Waals surface area (Å²) in [5.41, 5.74) is 5.64. The zero-order chi connectivity index (χ0) is 15.5. The normalized spacial score (nSPS) is 12.5. The van der Waals surface area contributed by atoms with Gasteiger partial charge < -0.3 is 5.32 Å². The maximum absolute atomic E-state index is 4.65. The van der Waals surface area contributed by atoms with Crippen LogP contribution in [-0.4, -0.2) is 15.0 Å². The molecule has 114 valence electrons. The fraction of sp³-hybridized carbons (Fsp3) is 0.294. The van der Waals surface area contributed by atoms with E-state index in [-0.39, 0.29) is 6.04 Å². The first-order valence-electron chi connectivity index (χ1n) is 7.39. The maximum atomic E-state index is 4.65. The Morgan fingerprint density at radius 2 is 1.91 bits per heavy atom. The highest BCUT2D eigenvalue weighted by molar-refractivity contribution is 7.08. The van der Waals surface area contributed by atoms with Crippen molar-refractivity contribution < 1.29 is 0 Å². The SMILES string of the molecule is Cc1cscc1CNC(C)c1nn(-c2ccccc2)nc1C. The molecular formula is C17H20N4S. The minimum Gasteiger partial charge on any atom is -0.305 e. The summed E-state index contributed by atoms with van der Waals surface area (Å²) in [7, 11) is 0. The van der Waals surface area contributed by atoms with Crippen LogP contribution >= 0.6 is 11.3 Å². The van der Waals surface area contributed by atoms with Gasteiger partial charge in [0.25, 0.3) is 0 Å². The number of hydrogen-bond donors (Lipinski definition) is 1. The number of rotatable bonds is 5. The van der Waals surface area contributed by atoms with E-state index < -0.39 is 0 Å². The molecule has 0 bridgehead atoms.